The topological polar surface area (TPSA) is 82.4 Å². The van der Waals surface area contributed by atoms with Crippen molar-refractivity contribution in [1.82, 2.24) is 0 Å². The molecular formula is C12H11N3O. The molecule has 1 heterocycles. The number of hydrogen-bond donors (Lipinski definition) is 2. The average molecular weight is 213 g/mol. The number of rotatable bonds is 2. The minimum atomic E-state index is -0.419. The monoisotopic (exact) mass is 213 g/mol. The molecule has 1 aromatic carbocycles. The van der Waals surface area contributed by atoms with Crippen LogP contribution in [0.25, 0.3) is 0 Å². The third-order valence-electron chi connectivity index (χ3n) is 2.51. The number of aliphatic imine (C=N–C) groups is 1. The summed E-state index contributed by atoms with van der Waals surface area (Å²) in [5, 5.41) is 18.5. The highest BCUT2D eigenvalue weighted by Gasteiger charge is 2.26. The number of nitriles is 1. The van der Waals surface area contributed by atoms with Crippen molar-refractivity contribution < 1.29 is 5.11 Å². The van der Waals surface area contributed by atoms with Gasteiger partial charge in [-0.05, 0) is 5.56 Å². The lowest BCUT2D eigenvalue weighted by atomic mass is 10.0. The van der Waals surface area contributed by atoms with Gasteiger partial charge in [0.25, 0.3) is 0 Å². The van der Waals surface area contributed by atoms with E-state index in [0.717, 1.165) is 5.56 Å². The van der Waals surface area contributed by atoms with Crippen LogP contribution in [0.5, 0.6) is 0 Å². The van der Waals surface area contributed by atoms with E-state index in [4.69, 9.17) is 11.0 Å². The number of aliphatic hydroxyl groups is 1. The number of nitrogens with two attached hydrogens (primary N) is 1. The Morgan fingerprint density at radius 3 is 2.62 bits per heavy atom. The first-order chi connectivity index (χ1) is 7.72. The van der Waals surface area contributed by atoms with Gasteiger partial charge in [0.1, 0.15) is 29.3 Å². The predicted molar refractivity (Wildman–Crippen MR) is 60.8 cm³/mol. The molecule has 0 aliphatic carbocycles. The van der Waals surface area contributed by atoms with Crippen LogP contribution < -0.4 is 5.73 Å². The van der Waals surface area contributed by atoms with Crippen LogP contribution >= 0.6 is 0 Å². The van der Waals surface area contributed by atoms with Crippen molar-refractivity contribution in [2.75, 3.05) is 0 Å². The summed E-state index contributed by atoms with van der Waals surface area (Å²) in [5.74, 6) is 0.102. The second kappa shape index (κ2) is 4.07. The summed E-state index contributed by atoms with van der Waals surface area (Å²) in [5.41, 5.74) is 6.68. The van der Waals surface area contributed by atoms with Gasteiger partial charge in [-0.15, -0.1) is 0 Å². The fourth-order valence-electron chi connectivity index (χ4n) is 1.69. The van der Waals surface area contributed by atoms with Crippen molar-refractivity contribution in [1.29, 1.82) is 5.26 Å². The van der Waals surface area contributed by atoms with Gasteiger partial charge in [-0.3, -0.25) is 4.99 Å². The van der Waals surface area contributed by atoms with Crippen LogP contribution in [-0.4, -0.2) is 17.0 Å². The molecule has 1 aromatic rings. The maximum atomic E-state index is 9.74. The van der Waals surface area contributed by atoms with E-state index < -0.39 is 6.04 Å². The van der Waals surface area contributed by atoms with Gasteiger partial charge in [-0.25, -0.2) is 0 Å². The van der Waals surface area contributed by atoms with Crippen molar-refractivity contribution >= 4 is 5.84 Å². The number of amidine groups is 1. The Labute approximate surface area is 93.3 Å². The molecule has 0 amide bonds. The summed E-state index contributed by atoms with van der Waals surface area (Å²) in [6.07, 6.45) is 0.554. The quantitative estimate of drug-likeness (QED) is 0.776. The zero-order chi connectivity index (χ0) is 11.5. The molecule has 2 rings (SSSR count). The minimum absolute atomic E-state index is 0.0242. The van der Waals surface area contributed by atoms with Crippen molar-refractivity contribution in [3.05, 3.63) is 47.2 Å². The first kappa shape index (κ1) is 10.2. The second-order valence-electron chi connectivity index (χ2n) is 3.59. The van der Waals surface area contributed by atoms with Gasteiger partial charge in [0.2, 0.25) is 0 Å². The van der Waals surface area contributed by atoms with E-state index in [1.165, 1.54) is 0 Å². The molecule has 3 N–H and O–H groups in total. The molecule has 0 fully saturated rings. The van der Waals surface area contributed by atoms with Gasteiger partial charge in [-0.2, -0.15) is 5.26 Å². The van der Waals surface area contributed by atoms with Gasteiger partial charge in [0.05, 0.1) is 0 Å². The summed E-state index contributed by atoms with van der Waals surface area (Å²) >= 11 is 0. The van der Waals surface area contributed by atoms with Crippen molar-refractivity contribution in [2.45, 2.75) is 12.5 Å². The molecule has 0 unspecified atom stereocenters. The zero-order valence-electron chi connectivity index (χ0n) is 8.59. The van der Waals surface area contributed by atoms with Crippen LogP contribution in [0.2, 0.25) is 0 Å². The lowest BCUT2D eigenvalue weighted by Gasteiger charge is -2.07. The lowest BCUT2D eigenvalue weighted by molar-refractivity contribution is 0.370. The van der Waals surface area contributed by atoms with Crippen LogP contribution in [0, 0.1) is 11.3 Å². The summed E-state index contributed by atoms with van der Waals surface area (Å²) in [6, 6.07) is 11.1. The highest BCUT2D eigenvalue weighted by Crippen LogP contribution is 2.20. The van der Waals surface area contributed by atoms with Crippen LogP contribution in [0.4, 0.5) is 0 Å². The molecular weight excluding hydrogens is 202 g/mol. The normalized spacial score (nSPS) is 19.4. The van der Waals surface area contributed by atoms with Gasteiger partial charge in [-0.1, -0.05) is 30.3 Å². The Bertz CT molecular complexity index is 497. The zero-order valence-corrected chi connectivity index (χ0v) is 8.59. The van der Waals surface area contributed by atoms with E-state index >= 15 is 0 Å². The SMILES string of the molecule is N#CC1=C(O)[C@H](Cc2ccccc2)N=C1N. The van der Waals surface area contributed by atoms with E-state index in [1.807, 2.05) is 36.4 Å². The minimum Gasteiger partial charge on any atom is -0.508 e. The van der Waals surface area contributed by atoms with E-state index in [9.17, 15) is 5.11 Å². The molecule has 0 radical (unpaired) electrons. The molecule has 0 saturated carbocycles. The number of benzene rings is 1. The first-order valence-electron chi connectivity index (χ1n) is 4.93. The van der Waals surface area contributed by atoms with Gasteiger partial charge in [0.15, 0.2) is 0 Å². The van der Waals surface area contributed by atoms with E-state index in [0.29, 0.717) is 6.42 Å². The van der Waals surface area contributed by atoms with Crippen LogP contribution in [-0.2, 0) is 6.42 Å². The van der Waals surface area contributed by atoms with Crippen LogP contribution in [0.15, 0.2) is 46.7 Å². The Morgan fingerprint density at radius 1 is 1.38 bits per heavy atom. The molecule has 1 aliphatic heterocycles. The van der Waals surface area contributed by atoms with Gasteiger partial charge < -0.3 is 10.8 Å². The summed E-state index contributed by atoms with van der Waals surface area (Å²) in [6.45, 7) is 0. The van der Waals surface area contributed by atoms with E-state index in [-0.39, 0.29) is 17.2 Å². The Morgan fingerprint density at radius 2 is 2.06 bits per heavy atom. The van der Waals surface area contributed by atoms with Gasteiger partial charge in [0, 0.05) is 6.42 Å². The fraction of sp³-hybridized carbons (Fsp3) is 0.167. The third-order valence-corrected chi connectivity index (χ3v) is 2.51. The highest BCUT2D eigenvalue weighted by atomic mass is 16.3. The third kappa shape index (κ3) is 1.75. The molecule has 0 saturated heterocycles. The summed E-state index contributed by atoms with van der Waals surface area (Å²) in [4.78, 5) is 4.06. The maximum Gasteiger partial charge on any atom is 0.140 e. The van der Waals surface area contributed by atoms with E-state index in [2.05, 4.69) is 4.99 Å². The maximum absolute atomic E-state index is 9.74. The van der Waals surface area contributed by atoms with Crippen LogP contribution in [0.1, 0.15) is 5.56 Å². The molecule has 4 heteroatoms. The molecule has 0 aromatic heterocycles. The molecule has 4 nitrogen and oxygen atoms in total. The number of aliphatic hydroxyl groups excluding tert-OH is 1. The average Bonchev–Trinajstić information content (AvgIpc) is 2.55. The van der Waals surface area contributed by atoms with Crippen molar-refractivity contribution in [3.8, 4) is 6.07 Å². The largest absolute Gasteiger partial charge is 0.508 e. The molecule has 0 bridgehead atoms. The number of hydrogen-bond acceptors (Lipinski definition) is 4. The molecule has 1 aliphatic rings. The van der Waals surface area contributed by atoms with Gasteiger partial charge >= 0.3 is 0 Å². The lowest BCUT2D eigenvalue weighted by Crippen LogP contribution is -2.11. The smallest absolute Gasteiger partial charge is 0.140 e. The standard InChI is InChI=1S/C12H11N3O/c13-7-9-11(16)10(15-12(9)14)6-8-4-2-1-3-5-8/h1-5,10,16H,6H2,(H2,14,15)/t10-/m0/s1. The van der Waals surface area contributed by atoms with Crippen molar-refractivity contribution in [2.24, 2.45) is 10.7 Å². The summed E-state index contributed by atoms with van der Waals surface area (Å²) in [7, 11) is 0. The number of nitrogens with zero attached hydrogens (tertiary/aromatic N) is 2. The fourth-order valence-corrected chi connectivity index (χ4v) is 1.69. The van der Waals surface area contributed by atoms with E-state index in [1.54, 1.807) is 0 Å². The molecule has 0 spiro atoms. The molecule has 16 heavy (non-hydrogen) atoms. The highest BCUT2D eigenvalue weighted by molar-refractivity contribution is 6.03. The molecule has 1 atom stereocenters. The second-order valence-corrected chi connectivity index (χ2v) is 3.59. The van der Waals surface area contributed by atoms with Crippen molar-refractivity contribution in [3.63, 3.8) is 0 Å². The Hall–Kier alpha value is -2.28. The Balaban J connectivity index is 2.21. The predicted octanol–water partition coefficient (Wildman–Crippen LogP) is 1.30. The Kier molecular flexibility index (Phi) is 2.61. The molecule has 80 valence electrons. The summed E-state index contributed by atoms with van der Waals surface area (Å²) < 4.78 is 0. The van der Waals surface area contributed by atoms with Crippen LogP contribution in [0.3, 0.4) is 0 Å². The first-order valence-corrected chi connectivity index (χ1v) is 4.93.